The number of nitrogens with one attached hydrogen (secondary N) is 1. The van der Waals surface area contributed by atoms with Crippen molar-refractivity contribution in [2.75, 3.05) is 7.11 Å². The van der Waals surface area contributed by atoms with Crippen molar-refractivity contribution in [3.63, 3.8) is 0 Å². The van der Waals surface area contributed by atoms with Crippen LogP contribution in [0.1, 0.15) is 38.8 Å². The summed E-state index contributed by atoms with van der Waals surface area (Å²) in [6, 6.07) is 7.15. The number of ether oxygens (including phenoxy) is 1. The molecule has 0 heterocycles. The number of hydrogen-bond acceptors (Lipinski definition) is 3. The highest BCUT2D eigenvalue weighted by atomic mass is 16.5. The zero-order valence-corrected chi connectivity index (χ0v) is 12.3. The van der Waals surface area contributed by atoms with Gasteiger partial charge in [-0.2, -0.15) is 0 Å². The second-order valence-electron chi connectivity index (χ2n) is 5.40. The molecule has 0 saturated carbocycles. The third-order valence-electron chi connectivity index (χ3n) is 3.16. The third kappa shape index (κ3) is 3.98. The SMILES string of the molecule is COc1ccccc1[C@@H](C)NC(=O)CC(C)(C)C(=O)O. The van der Waals surface area contributed by atoms with E-state index in [0.29, 0.717) is 5.75 Å². The highest BCUT2D eigenvalue weighted by molar-refractivity contribution is 5.84. The van der Waals surface area contributed by atoms with Crippen LogP contribution < -0.4 is 10.1 Å². The zero-order chi connectivity index (χ0) is 15.3. The van der Waals surface area contributed by atoms with Crippen LogP contribution in [0, 0.1) is 5.41 Å². The average Bonchev–Trinajstić information content (AvgIpc) is 2.37. The number of para-hydroxylation sites is 1. The van der Waals surface area contributed by atoms with Crippen LogP contribution in [0.4, 0.5) is 0 Å². The molecule has 0 saturated heterocycles. The van der Waals surface area contributed by atoms with E-state index in [4.69, 9.17) is 9.84 Å². The van der Waals surface area contributed by atoms with Gasteiger partial charge in [0.15, 0.2) is 0 Å². The van der Waals surface area contributed by atoms with Gasteiger partial charge in [-0.05, 0) is 26.8 Å². The predicted molar refractivity (Wildman–Crippen MR) is 75.6 cm³/mol. The van der Waals surface area contributed by atoms with Crippen LogP contribution in [0.25, 0.3) is 0 Å². The Hall–Kier alpha value is -2.04. The molecule has 0 aromatic heterocycles. The number of methoxy groups -OCH3 is 1. The minimum Gasteiger partial charge on any atom is -0.496 e. The number of aliphatic carboxylic acids is 1. The molecule has 2 N–H and O–H groups in total. The molecule has 1 aromatic carbocycles. The smallest absolute Gasteiger partial charge is 0.309 e. The molecular weight excluding hydrogens is 258 g/mol. The summed E-state index contributed by atoms with van der Waals surface area (Å²) < 4.78 is 5.24. The van der Waals surface area contributed by atoms with Crippen LogP contribution in [-0.4, -0.2) is 24.1 Å². The minimum absolute atomic E-state index is 0.0676. The molecular formula is C15H21NO4. The second kappa shape index (κ2) is 6.41. The molecule has 0 aliphatic carbocycles. The summed E-state index contributed by atoms with van der Waals surface area (Å²) in [7, 11) is 1.57. The van der Waals surface area contributed by atoms with Crippen molar-refractivity contribution in [2.24, 2.45) is 5.41 Å². The molecule has 0 radical (unpaired) electrons. The molecule has 0 aliphatic heterocycles. The normalized spacial score (nSPS) is 12.6. The average molecular weight is 279 g/mol. The van der Waals surface area contributed by atoms with Crippen molar-refractivity contribution in [3.8, 4) is 5.75 Å². The Balaban J connectivity index is 2.73. The van der Waals surface area contributed by atoms with E-state index in [9.17, 15) is 9.59 Å². The molecule has 0 bridgehead atoms. The predicted octanol–water partition coefficient (Wildman–Crippen LogP) is 2.37. The van der Waals surface area contributed by atoms with Crippen molar-refractivity contribution in [1.82, 2.24) is 5.32 Å². The Bertz CT molecular complexity index is 496. The topological polar surface area (TPSA) is 75.6 Å². The standard InChI is InChI=1S/C15H21NO4/c1-10(11-7-5-6-8-12(11)20-4)16-13(17)9-15(2,3)14(18)19/h5-8,10H,9H2,1-4H3,(H,16,17)(H,18,19)/t10-/m1/s1. The number of carbonyl (C=O) groups is 2. The van der Waals surface area contributed by atoms with E-state index in [1.165, 1.54) is 13.8 Å². The molecule has 20 heavy (non-hydrogen) atoms. The molecule has 1 amide bonds. The van der Waals surface area contributed by atoms with Gasteiger partial charge in [0.1, 0.15) is 5.75 Å². The molecule has 5 heteroatoms. The lowest BCUT2D eigenvalue weighted by molar-refractivity contribution is -0.149. The molecule has 0 fully saturated rings. The van der Waals surface area contributed by atoms with Crippen LogP contribution in [0.2, 0.25) is 0 Å². The summed E-state index contributed by atoms with van der Waals surface area (Å²) in [5, 5.41) is 11.8. The number of hydrogen-bond donors (Lipinski definition) is 2. The fourth-order valence-electron chi connectivity index (χ4n) is 1.87. The first kappa shape index (κ1) is 16.0. The van der Waals surface area contributed by atoms with Crippen LogP contribution in [0.5, 0.6) is 5.75 Å². The van der Waals surface area contributed by atoms with Gasteiger partial charge < -0.3 is 15.2 Å². The summed E-state index contributed by atoms with van der Waals surface area (Å²) >= 11 is 0. The van der Waals surface area contributed by atoms with Gasteiger partial charge in [0.05, 0.1) is 18.6 Å². The summed E-state index contributed by atoms with van der Waals surface area (Å²) in [4.78, 5) is 22.9. The summed E-state index contributed by atoms with van der Waals surface area (Å²) in [5.41, 5.74) is -0.221. The van der Waals surface area contributed by atoms with Crippen LogP contribution in [0.3, 0.4) is 0 Å². The molecule has 1 rings (SSSR count). The number of carbonyl (C=O) groups excluding carboxylic acids is 1. The lowest BCUT2D eigenvalue weighted by atomic mass is 9.89. The monoisotopic (exact) mass is 279 g/mol. The summed E-state index contributed by atoms with van der Waals surface area (Å²) in [6.07, 6.45) is -0.0676. The van der Waals surface area contributed by atoms with Gasteiger partial charge in [0.2, 0.25) is 5.91 Å². The molecule has 0 spiro atoms. The lowest BCUT2D eigenvalue weighted by Gasteiger charge is -2.21. The van der Waals surface area contributed by atoms with Crippen molar-refractivity contribution < 1.29 is 19.4 Å². The summed E-state index contributed by atoms with van der Waals surface area (Å²) in [6.45, 7) is 4.90. The zero-order valence-electron chi connectivity index (χ0n) is 12.3. The van der Waals surface area contributed by atoms with Gasteiger partial charge in [-0.1, -0.05) is 18.2 Å². The number of rotatable bonds is 6. The molecule has 0 unspecified atom stereocenters. The van der Waals surface area contributed by atoms with Crippen molar-refractivity contribution in [2.45, 2.75) is 33.2 Å². The van der Waals surface area contributed by atoms with Gasteiger partial charge in [-0.3, -0.25) is 9.59 Å². The number of carboxylic acid groups (broad SMARTS) is 1. The van der Waals surface area contributed by atoms with Crippen molar-refractivity contribution >= 4 is 11.9 Å². The Labute approximate surface area is 118 Å². The van der Waals surface area contributed by atoms with Crippen molar-refractivity contribution in [3.05, 3.63) is 29.8 Å². The number of benzene rings is 1. The fraction of sp³-hybridized carbons (Fsp3) is 0.467. The highest BCUT2D eigenvalue weighted by Crippen LogP contribution is 2.25. The van der Waals surface area contributed by atoms with E-state index in [2.05, 4.69) is 5.32 Å². The van der Waals surface area contributed by atoms with E-state index in [-0.39, 0.29) is 18.4 Å². The van der Waals surface area contributed by atoms with Crippen LogP contribution in [0.15, 0.2) is 24.3 Å². The lowest BCUT2D eigenvalue weighted by Crippen LogP contribution is -2.34. The molecule has 1 aromatic rings. The largest absolute Gasteiger partial charge is 0.496 e. The fourth-order valence-corrected chi connectivity index (χ4v) is 1.87. The van der Waals surface area contributed by atoms with E-state index < -0.39 is 11.4 Å². The summed E-state index contributed by atoms with van der Waals surface area (Å²) in [5.74, 6) is -0.591. The highest BCUT2D eigenvalue weighted by Gasteiger charge is 2.30. The molecule has 5 nitrogen and oxygen atoms in total. The van der Waals surface area contributed by atoms with Crippen LogP contribution in [-0.2, 0) is 9.59 Å². The van der Waals surface area contributed by atoms with E-state index in [0.717, 1.165) is 5.56 Å². The Morgan fingerprint density at radius 1 is 1.35 bits per heavy atom. The maximum atomic E-state index is 11.9. The first-order chi connectivity index (χ1) is 9.27. The van der Waals surface area contributed by atoms with E-state index >= 15 is 0 Å². The first-order valence-electron chi connectivity index (χ1n) is 6.43. The van der Waals surface area contributed by atoms with E-state index in [1.54, 1.807) is 7.11 Å². The number of carboxylic acids is 1. The first-order valence-corrected chi connectivity index (χ1v) is 6.43. The van der Waals surface area contributed by atoms with Gasteiger partial charge >= 0.3 is 5.97 Å². The van der Waals surface area contributed by atoms with Crippen LogP contribution >= 0.6 is 0 Å². The Kier molecular flexibility index (Phi) is 5.13. The molecule has 0 aliphatic rings. The number of amides is 1. The van der Waals surface area contributed by atoms with Gasteiger partial charge in [0.25, 0.3) is 0 Å². The molecule has 1 atom stereocenters. The quantitative estimate of drug-likeness (QED) is 0.838. The Morgan fingerprint density at radius 2 is 1.95 bits per heavy atom. The maximum Gasteiger partial charge on any atom is 0.309 e. The van der Waals surface area contributed by atoms with Gasteiger partial charge in [-0.15, -0.1) is 0 Å². The van der Waals surface area contributed by atoms with E-state index in [1.807, 2.05) is 31.2 Å². The Morgan fingerprint density at radius 3 is 2.50 bits per heavy atom. The maximum absolute atomic E-state index is 11.9. The minimum atomic E-state index is -1.08. The van der Waals surface area contributed by atoms with Crippen molar-refractivity contribution in [1.29, 1.82) is 0 Å². The molecule has 110 valence electrons. The van der Waals surface area contributed by atoms with Gasteiger partial charge in [0, 0.05) is 12.0 Å². The van der Waals surface area contributed by atoms with Gasteiger partial charge in [-0.25, -0.2) is 0 Å². The third-order valence-corrected chi connectivity index (χ3v) is 3.16. The second-order valence-corrected chi connectivity index (χ2v) is 5.40.